The molecule has 1 saturated carbocycles. The van der Waals surface area contributed by atoms with Gasteiger partial charge in [-0.2, -0.15) is 0 Å². The standard InChI is InChI=1S/C18H20N2O2/c1-13-11-16(13)17-8-6-15(22-17)7-9-18(21)20(2)12-14-5-3-4-10-19-14/h3-10,13,16H,11-12H2,1-2H3. The molecule has 0 radical (unpaired) electrons. The SMILES string of the molecule is CC1CC1c1ccc(C=CC(=O)N(C)Cc2ccccn2)o1. The van der Waals surface area contributed by atoms with Crippen LogP contribution in [0.5, 0.6) is 0 Å². The Morgan fingerprint density at radius 1 is 1.41 bits per heavy atom. The smallest absolute Gasteiger partial charge is 0.246 e. The van der Waals surface area contributed by atoms with Crippen molar-refractivity contribution in [3.63, 3.8) is 0 Å². The van der Waals surface area contributed by atoms with E-state index in [9.17, 15) is 4.79 Å². The Balaban J connectivity index is 1.57. The van der Waals surface area contributed by atoms with Crippen LogP contribution in [0, 0.1) is 5.92 Å². The van der Waals surface area contributed by atoms with Gasteiger partial charge in [0.15, 0.2) is 0 Å². The van der Waals surface area contributed by atoms with Crippen LogP contribution in [0.25, 0.3) is 6.08 Å². The lowest BCUT2D eigenvalue weighted by molar-refractivity contribution is -0.125. The molecule has 2 aromatic heterocycles. The highest BCUT2D eigenvalue weighted by atomic mass is 16.3. The highest BCUT2D eigenvalue weighted by Gasteiger charge is 2.36. The zero-order chi connectivity index (χ0) is 15.5. The van der Waals surface area contributed by atoms with Crippen LogP contribution in [0.4, 0.5) is 0 Å². The summed E-state index contributed by atoms with van der Waals surface area (Å²) in [6.07, 6.45) is 6.20. The van der Waals surface area contributed by atoms with Crippen molar-refractivity contribution in [1.29, 1.82) is 0 Å². The van der Waals surface area contributed by atoms with Crippen LogP contribution in [-0.4, -0.2) is 22.8 Å². The van der Waals surface area contributed by atoms with Crippen LogP contribution >= 0.6 is 0 Å². The summed E-state index contributed by atoms with van der Waals surface area (Å²) in [4.78, 5) is 17.9. The van der Waals surface area contributed by atoms with Crippen molar-refractivity contribution in [2.75, 3.05) is 7.05 Å². The molecule has 4 heteroatoms. The molecule has 0 spiro atoms. The van der Waals surface area contributed by atoms with E-state index in [1.807, 2.05) is 30.3 Å². The number of hydrogen-bond donors (Lipinski definition) is 0. The molecule has 2 heterocycles. The predicted octanol–water partition coefficient (Wildman–Crippen LogP) is 3.47. The number of nitrogens with zero attached hydrogens (tertiary/aromatic N) is 2. The molecule has 0 N–H and O–H groups in total. The van der Waals surface area contributed by atoms with Gasteiger partial charge in [0.1, 0.15) is 11.5 Å². The van der Waals surface area contributed by atoms with Crippen LogP contribution in [0.2, 0.25) is 0 Å². The van der Waals surface area contributed by atoms with Gasteiger partial charge < -0.3 is 9.32 Å². The second-order valence-corrected chi connectivity index (χ2v) is 5.91. The van der Waals surface area contributed by atoms with E-state index in [0.717, 1.165) is 17.2 Å². The number of pyridine rings is 1. The minimum atomic E-state index is -0.0663. The molecule has 114 valence electrons. The van der Waals surface area contributed by atoms with Gasteiger partial charge in [-0.1, -0.05) is 13.0 Å². The predicted molar refractivity (Wildman–Crippen MR) is 85.0 cm³/mol. The Morgan fingerprint density at radius 2 is 2.23 bits per heavy atom. The fraction of sp³-hybridized carbons (Fsp3) is 0.333. The Labute approximate surface area is 130 Å². The summed E-state index contributed by atoms with van der Waals surface area (Å²) in [5.41, 5.74) is 0.870. The van der Waals surface area contributed by atoms with Gasteiger partial charge in [-0.25, -0.2) is 0 Å². The van der Waals surface area contributed by atoms with Crippen molar-refractivity contribution in [3.8, 4) is 0 Å². The average Bonchev–Trinajstić information content (AvgIpc) is 3.07. The van der Waals surface area contributed by atoms with Gasteiger partial charge in [-0.15, -0.1) is 0 Å². The van der Waals surface area contributed by atoms with Crippen LogP contribution in [0.1, 0.15) is 36.5 Å². The highest BCUT2D eigenvalue weighted by Crippen LogP contribution is 2.47. The average molecular weight is 296 g/mol. The number of furan rings is 1. The molecule has 0 saturated heterocycles. The first-order chi connectivity index (χ1) is 10.6. The number of amides is 1. The lowest BCUT2D eigenvalue weighted by atomic mass is 10.3. The highest BCUT2D eigenvalue weighted by molar-refractivity contribution is 5.91. The third-order valence-electron chi connectivity index (χ3n) is 4.01. The number of aromatic nitrogens is 1. The normalized spacial score (nSPS) is 20.3. The lowest BCUT2D eigenvalue weighted by Gasteiger charge is -2.14. The summed E-state index contributed by atoms with van der Waals surface area (Å²) >= 11 is 0. The molecular weight excluding hydrogens is 276 g/mol. The van der Waals surface area contributed by atoms with Gasteiger partial charge in [0.05, 0.1) is 12.2 Å². The van der Waals surface area contributed by atoms with Crippen molar-refractivity contribution >= 4 is 12.0 Å². The molecule has 2 aromatic rings. The third kappa shape index (κ3) is 3.45. The number of hydrogen-bond acceptors (Lipinski definition) is 3. The fourth-order valence-corrected chi connectivity index (χ4v) is 2.47. The first-order valence-electron chi connectivity index (χ1n) is 7.56. The fourth-order valence-electron chi connectivity index (χ4n) is 2.47. The zero-order valence-corrected chi connectivity index (χ0v) is 12.9. The quantitative estimate of drug-likeness (QED) is 0.794. The molecule has 0 aromatic carbocycles. The molecule has 0 aliphatic heterocycles. The zero-order valence-electron chi connectivity index (χ0n) is 12.9. The van der Waals surface area contributed by atoms with Gasteiger partial charge in [0.2, 0.25) is 5.91 Å². The van der Waals surface area contributed by atoms with E-state index in [0.29, 0.717) is 18.4 Å². The third-order valence-corrected chi connectivity index (χ3v) is 4.01. The monoisotopic (exact) mass is 296 g/mol. The summed E-state index contributed by atoms with van der Waals surface area (Å²) in [6.45, 7) is 2.71. The summed E-state index contributed by atoms with van der Waals surface area (Å²) in [7, 11) is 1.76. The Kier molecular flexibility index (Phi) is 4.09. The van der Waals surface area contributed by atoms with Crippen molar-refractivity contribution in [2.45, 2.75) is 25.8 Å². The Bertz CT molecular complexity index is 675. The molecule has 2 unspecified atom stereocenters. The lowest BCUT2D eigenvalue weighted by Crippen LogP contribution is -2.24. The first-order valence-corrected chi connectivity index (χ1v) is 7.56. The molecule has 2 atom stereocenters. The molecule has 4 nitrogen and oxygen atoms in total. The minimum Gasteiger partial charge on any atom is -0.461 e. The maximum absolute atomic E-state index is 12.1. The van der Waals surface area contributed by atoms with E-state index in [-0.39, 0.29) is 5.91 Å². The maximum Gasteiger partial charge on any atom is 0.246 e. The van der Waals surface area contributed by atoms with Gasteiger partial charge in [-0.05, 0) is 42.7 Å². The van der Waals surface area contributed by atoms with Crippen molar-refractivity contribution < 1.29 is 9.21 Å². The van der Waals surface area contributed by atoms with Crippen molar-refractivity contribution in [3.05, 3.63) is 59.8 Å². The first kappa shape index (κ1) is 14.6. The Hall–Kier alpha value is -2.36. The van der Waals surface area contributed by atoms with E-state index >= 15 is 0 Å². The van der Waals surface area contributed by atoms with Gasteiger partial charge in [0, 0.05) is 25.2 Å². The number of carbonyl (C=O) groups is 1. The van der Waals surface area contributed by atoms with E-state index < -0.39 is 0 Å². The van der Waals surface area contributed by atoms with E-state index in [1.165, 1.54) is 6.42 Å². The second kappa shape index (κ2) is 6.18. The van der Waals surface area contributed by atoms with Crippen LogP contribution in [0.3, 0.4) is 0 Å². The largest absolute Gasteiger partial charge is 0.461 e. The topological polar surface area (TPSA) is 46.3 Å². The van der Waals surface area contributed by atoms with Gasteiger partial charge in [-0.3, -0.25) is 9.78 Å². The molecular formula is C18H20N2O2. The maximum atomic E-state index is 12.1. The van der Waals surface area contributed by atoms with Crippen LogP contribution in [0.15, 0.2) is 47.0 Å². The number of carbonyl (C=O) groups excluding carboxylic acids is 1. The summed E-state index contributed by atoms with van der Waals surface area (Å²) in [6, 6.07) is 9.61. The Morgan fingerprint density at radius 3 is 2.91 bits per heavy atom. The molecule has 0 bridgehead atoms. The van der Waals surface area contributed by atoms with Crippen LogP contribution in [-0.2, 0) is 11.3 Å². The van der Waals surface area contributed by atoms with E-state index in [1.54, 1.807) is 30.3 Å². The summed E-state index contributed by atoms with van der Waals surface area (Å²) < 4.78 is 5.76. The van der Waals surface area contributed by atoms with E-state index in [2.05, 4.69) is 11.9 Å². The number of rotatable bonds is 5. The molecule has 1 aliphatic rings. The molecule has 22 heavy (non-hydrogen) atoms. The molecule has 1 amide bonds. The molecule has 3 rings (SSSR count). The number of likely N-dealkylation sites (N-methyl/N-ethyl adjacent to an activating group) is 1. The van der Waals surface area contributed by atoms with Crippen molar-refractivity contribution in [2.24, 2.45) is 5.92 Å². The van der Waals surface area contributed by atoms with Crippen LogP contribution < -0.4 is 0 Å². The van der Waals surface area contributed by atoms with Crippen molar-refractivity contribution in [1.82, 2.24) is 9.88 Å². The molecule has 1 aliphatic carbocycles. The van der Waals surface area contributed by atoms with Gasteiger partial charge in [0.25, 0.3) is 0 Å². The second-order valence-electron chi connectivity index (χ2n) is 5.91. The van der Waals surface area contributed by atoms with Gasteiger partial charge >= 0.3 is 0 Å². The summed E-state index contributed by atoms with van der Waals surface area (Å²) in [5.74, 6) is 2.97. The van der Waals surface area contributed by atoms with E-state index in [4.69, 9.17) is 4.42 Å². The molecule has 1 fully saturated rings. The summed E-state index contributed by atoms with van der Waals surface area (Å²) in [5, 5.41) is 0. The minimum absolute atomic E-state index is 0.0663.